The highest BCUT2D eigenvalue weighted by atomic mass is 79.9. The second kappa shape index (κ2) is 7.87. The predicted octanol–water partition coefficient (Wildman–Crippen LogP) is 4.18. The number of pyridine rings is 1. The van der Waals surface area contributed by atoms with Crippen molar-refractivity contribution in [1.82, 2.24) is 10.3 Å². The van der Waals surface area contributed by atoms with E-state index in [0.717, 1.165) is 35.4 Å². The number of nitrogens with zero attached hydrogens (tertiary/aromatic N) is 2. The van der Waals surface area contributed by atoms with Crippen LogP contribution in [0.2, 0.25) is 0 Å². The van der Waals surface area contributed by atoms with Crippen LogP contribution in [0.3, 0.4) is 0 Å². The van der Waals surface area contributed by atoms with Crippen LogP contribution in [0.15, 0.2) is 28.2 Å². The van der Waals surface area contributed by atoms with Crippen LogP contribution in [0.5, 0.6) is 0 Å². The summed E-state index contributed by atoms with van der Waals surface area (Å²) in [6.07, 6.45) is 2.33. The summed E-state index contributed by atoms with van der Waals surface area (Å²) in [5.41, 5.74) is 0.890. The molecule has 0 aliphatic carbocycles. The average molecular weight is 372 g/mol. The summed E-state index contributed by atoms with van der Waals surface area (Å²) in [5, 5.41) is 5.36. The zero-order valence-electron chi connectivity index (χ0n) is 12.2. The fourth-order valence-corrected chi connectivity index (χ4v) is 3.60. The molecule has 0 saturated carbocycles. The predicted molar refractivity (Wildman–Crippen MR) is 90.3 cm³/mol. The van der Waals surface area contributed by atoms with E-state index in [-0.39, 0.29) is 5.82 Å². The van der Waals surface area contributed by atoms with Gasteiger partial charge in [0, 0.05) is 33.9 Å². The van der Waals surface area contributed by atoms with Gasteiger partial charge in [-0.2, -0.15) is 0 Å². The Bertz CT molecular complexity index is 588. The van der Waals surface area contributed by atoms with E-state index in [1.807, 2.05) is 7.05 Å². The molecule has 0 fully saturated rings. The third kappa shape index (κ3) is 4.76. The normalized spacial score (nSPS) is 10.9. The molecule has 2 rings (SSSR count). The van der Waals surface area contributed by atoms with Gasteiger partial charge in [-0.05, 0) is 41.0 Å². The quantitative estimate of drug-likeness (QED) is 0.739. The highest BCUT2D eigenvalue weighted by Gasteiger charge is 2.12. The Kier molecular flexibility index (Phi) is 6.14. The minimum Gasteiger partial charge on any atom is -0.354 e. The van der Waals surface area contributed by atoms with Crippen LogP contribution < -0.4 is 10.2 Å². The molecule has 0 atom stereocenters. The number of thiophene rings is 1. The number of rotatable bonds is 7. The highest BCUT2D eigenvalue weighted by molar-refractivity contribution is 9.10. The summed E-state index contributed by atoms with van der Waals surface area (Å²) < 4.78 is 14.5. The second-order valence-electron chi connectivity index (χ2n) is 4.90. The lowest BCUT2D eigenvalue weighted by Crippen LogP contribution is -2.22. The van der Waals surface area contributed by atoms with E-state index in [1.54, 1.807) is 17.4 Å². The Morgan fingerprint density at radius 1 is 1.43 bits per heavy atom. The van der Waals surface area contributed by atoms with Crippen LogP contribution in [0.4, 0.5) is 10.2 Å². The molecular weight excluding hydrogens is 353 g/mol. The molecule has 0 spiro atoms. The fourth-order valence-electron chi connectivity index (χ4n) is 2.09. The largest absolute Gasteiger partial charge is 0.354 e. The summed E-state index contributed by atoms with van der Waals surface area (Å²) >= 11 is 5.16. The zero-order chi connectivity index (χ0) is 15.2. The van der Waals surface area contributed by atoms with Crippen LogP contribution in [-0.4, -0.2) is 18.6 Å². The van der Waals surface area contributed by atoms with Gasteiger partial charge < -0.3 is 10.2 Å². The molecule has 0 aliphatic rings. The number of halogens is 2. The molecule has 6 heteroatoms. The van der Waals surface area contributed by atoms with E-state index in [2.05, 4.69) is 49.5 Å². The molecule has 0 aromatic carbocycles. The van der Waals surface area contributed by atoms with Crippen molar-refractivity contribution in [1.29, 1.82) is 0 Å². The van der Waals surface area contributed by atoms with Crippen molar-refractivity contribution in [3.05, 3.63) is 44.4 Å². The maximum Gasteiger partial charge on any atom is 0.141 e. The number of aromatic nitrogens is 1. The topological polar surface area (TPSA) is 28.2 Å². The van der Waals surface area contributed by atoms with Gasteiger partial charge in [-0.25, -0.2) is 9.37 Å². The van der Waals surface area contributed by atoms with Gasteiger partial charge in [0.15, 0.2) is 0 Å². The number of anilines is 1. The molecule has 21 heavy (non-hydrogen) atoms. The van der Waals surface area contributed by atoms with Gasteiger partial charge in [-0.1, -0.05) is 6.92 Å². The second-order valence-corrected chi connectivity index (χ2v) is 6.81. The van der Waals surface area contributed by atoms with E-state index in [1.165, 1.54) is 11.1 Å². The number of hydrogen-bond acceptors (Lipinski definition) is 4. The van der Waals surface area contributed by atoms with Crippen molar-refractivity contribution in [2.24, 2.45) is 0 Å². The minimum absolute atomic E-state index is 0.292. The van der Waals surface area contributed by atoms with Crippen LogP contribution in [-0.2, 0) is 13.1 Å². The van der Waals surface area contributed by atoms with E-state index < -0.39 is 0 Å². The zero-order valence-corrected chi connectivity index (χ0v) is 14.6. The van der Waals surface area contributed by atoms with Crippen molar-refractivity contribution >= 4 is 33.1 Å². The SMILES string of the molecule is CCCNCc1cc(F)cnc1N(C)Cc1cc(Br)cs1. The molecule has 1 N–H and O–H groups in total. The van der Waals surface area contributed by atoms with Crippen molar-refractivity contribution in [3.8, 4) is 0 Å². The lowest BCUT2D eigenvalue weighted by Gasteiger charge is -2.20. The molecule has 0 aliphatic heterocycles. The summed E-state index contributed by atoms with van der Waals surface area (Å²) in [7, 11) is 1.98. The minimum atomic E-state index is -0.292. The van der Waals surface area contributed by atoms with Crippen LogP contribution in [0.25, 0.3) is 0 Å². The standard InChI is InChI=1S/C15H19BrFN3S/c1-3-4-18-7-11-5-13(17)8-19-15(11)20(2)9-14-6-12(16)10-21-14/h5-6,8,10,18H,3-4,7,9H2,1-2H3. The highest BCUT2D eigenvalue weighted by Crippen LogP contribution is 2.24. The number of nitrogens with one attached hydrogen (secondary N) is 1. The molecule has 0 unspecified atom stereocenters. The summed E-state index contributed by atoms with van der Waals surface area (Å²) in [4.78, 5) is 7.56. The Hall–Kier alpha value is -0.980. The van der Waals surface area contributed by atoms with E-state index in [0.29, 0.717) is 6.54 Å². The summed E-state index contributed by atoms with van der Waals surface area (Å²) in [5.74, 6) is 0.531. The molecule has 2 aromatic heterocycles. The van der Waals surface area contributed by atoms with E-state index in [9.17, 15) is 4.39 Å². The third-order valence-electron chi connectivity index (χ3n) is 3.03. The average Bonchev–Trinajstić information content (AvgIpc) is 2.84. The van der Waals surface area contributed by atoms with E-state index >= 15 is 0 Å². The van der Waals surface area contributed by atoms with Gasteiger partial charge in [0.05, 0.1) is 12.7 Å². The first kappa shape index (κ1) is 16.4. The van der Waals surface area contributed by atoms with Gasteiger partial charge in [0.1, 0.15) is 11.6 Å². The van der Waals surface area contributed by atoms with Crippen LogP contribution >= 0.6 is 27.3 Å². The molecule has 2 aromatic rings. The Balaban J connectivity index is 2.12. The smallest absolute Gasteiger partial charge is 0.141 e. The van der Waals surface area contributed by atoms with Gasteiger partial charge in [-0.15, -0.1) is 11.3 Å². The molecular formula is C15H19BrFN3S. The molecule has 3 nitrogen and oxygen atoms in total. The fraction of sp³-hybridized carbons (Fsp3) is 0.400. The first-order valence-corrected chi connectivity index (χ1v) is 8.56. The first-order chi connectivity index (χ1) is 10.1. The maximum absolute atomic E-state index is 13.4. The van der Waals surface area contributed by atoms with Crippen molar-refractivity contribution in [2.45, 2.75) is 26.4 Å². The van der Waals surface area contributed by atoms with Gasteiger partial charge in [0.2, 0.25) is 0 Å². The van der Waals surface area contributed by atoms with Gasteiger partial charge in [-0.3, -0.25) is 0 Å². The van der Waals surface area contributed by atoms with Crippen molar-refractivity contribution in [2.75, 3.05) is 18.5 Å². The first-order valence-electron chi connectivity index (χ1n) is 6.89. The third-order valence-corrected chi connectivity index (χ3v) is 4.71. The molecule has 0 bridgehead atoms. The summed E-state index contributed by atoms with van der Waals surface area (Å²) in [6.45, 7) is 4.41. The number of hydrogen-bond donors (Lipinski definition) is 1. The van der Waals surface area contributed by atoms with E-state index in [4.69, 9.17) is 0 Å². The van der Waals surface area contributed by atoms with Crippen LogP contribution in [0, 0.1) is 5.82 Å². The monoisotopic (exact) mass is 371 g/mol. The Labute approximate surface area is 137 Å². The van der Waals surface area contributed by atoms with Crippen molar-refractivity contribution in [3.63, 3.8) is 0 Å². The molecule has 114 valence electrons. The maximum atomic E-state index is 13.4. The lowest BCUT2D eigenvalue weighted by molar-refractivity contribution is 0.610. The molecule has 2 heterocycles. The van der Waals surface area contributed by atoms with Gasteiger partial charge >= 0.3 is 0 Å². The molecule has 0 saturated heterocycles. The van der Waals surface area contributed by atoms with Gasteiger partial charge in [0.25, 0.3) is 0 Å². The Morgan fingerprint density at radius 3 is 2.90 bits per heavy atom. The Morgan fingerprint density at radius 2 is 2.24 bits per heavy atom. The lowest BCUT2D eigenvalue weighted by atomic mass is 10.2. The molecule has 0 amide bonds. The van der Waals surface area contributed by atoms with Crippen LogP contribution in [0.1, 0.15) is 23.8 Å². The summed E-state index contributed by atoms with van der Waals surface area (Å²) in [6, 6.07) is 3.66. The van der Waals surface area contributed by atoms with Crippen molar-refractivity contribution < 1.29 is 4.39 Å². The molecule has 0 radical (unpaired) electrons.